The van der Waals surface area contributed by atoms with Gasteiger partial charge in [-0.05, 0) is 31.9 Å². The average molecular weight is 310 g/mol. The molecule has 2 aromatic carbocycles. The third kappa shape index (κ3) is 5.87. The predicted molar refractivity (Wildman–Crippen MR) is 95.0 cm³/mol. The van der Waals surface area contributed by atoms with Crippen LogP contribution in [-0.2, 0) is 17.9 Å². The van der Waals surface area contributed by atoms with E-state index in [0.717, 1.165) is 12.1 Å². The highest BCUT2D eigenvalue weighted by Gasteiger charge is 2.14. The smallest absolute Gasteiger partial charge is 0.234 e. The van der Waals surface area contributed by atoms with Gasteiger partial charge in [0.25, 0.3) is 0 Å². The van der Waals surface area contributed by atoms with Crippen LogP contribution in [0.5, 0.6) is 0 Å². The average Bonchev–Trinajstić information content (AvgIpc) is 2.54. The summed E-state index contributed by atoms with van der Waals surface area (Å²) in [4.78, 5) is 14.4. The van der Waals surface area contributed by atoms with E-state index < -0.39 is 0 Å². The summed E-state index contributed by atoms with van der Waals surface area (Å²) >= 11 is 0. The minimum atomic E-state index is 0.0650. The molecule has 0 fully saturated rings. The van der Waals surface area contributed by atoms with Crippen LogP contribution in [0.3, 0.4) is 0 Å². The molecule has 0 saturated carbocycles. The summed E-state index contributed by atoms with van der Waals surface area (Å²) in [5, 5.41) is 3.01. The van der Waals surface area contributed by atoms with Crippen LogP contribution in [0.1, 0.15) is 30.5 Å². The number of amides is 1. The first-order chi connectivity index (χ1) is 11.0. The van der Waals surface area contributed by atoms with Crippen LogP contribution in [0, 0.1) is 6.92 Å². The molecule has 0 aromatic heterocycles. The van der Waals surface area contributed by atoms with Gasteiger partial charge in [-0.2, -0.15) is 0 Å². The van der Waals surface area contributed by atoms with Gasteiger partial charge in [0.2, 0.25) is 5.91 Å². The monoisotopic (exact) mass is 310 g/mol. The molecule has 1 amide bonds. The van der Waals surface area contributed by atoms with Crippen LogP contribution >= 0.6 is 0 Å². The molecule has 0 radical (unpaired) electrons. The number of benzene rings is 2. The van der Waals surface area contributed by atoms with Crippen molar-refractivity contribution in [2.24, 2.45) is 0 Å². The Balaban J connectivity index is 1.86. The van der Waals surface area contributed by atoms with E-state index in [1.165, 1.54) is 11.1 Å². The van der Waals surface area contributed by atoms with Crippen molar-refractivity contribution in [3.8, 4) is 0 Å². The van der Waals surface area contributed by atoms with E-state index in [2.05, 4.69) is 67.4 Å². The zero-order valence-corrected chi connectivity index (χ0v) is 14.3. The van der Waals surface area contributed by atoms with Gasteiger partial charge in [-0.15, -0.1) is 0 Å². The van der Waals surface area contributed by atoms with Gasteiger partial charge in [-0.3, -0.25) is 9.69 Å². The zero-order chi connectivity index (χ0) is 16.7. The maximum absolute atomic E-state index is 12.2. The molecular formula is C20H26N2O. The molecule has 0 bridgehead atoms. The first-order valence-corrected chi connectivity index (χ1v) is 8.15. The van der Waals surface area contributed by atoms with E-state index in [1.54, 1.807) is 0 Å². The highest BCUT2D eigenvalue weighted by atomic mass is 16.2. The number of nitrogens with one attached hydrogen (secondary N) is 1. The summed E-state index contributed by atoms with van der Waals surface area (Å²) in [6, 6.07) is 18.8. The van der Waals surface area contributed by atoms with Gasteiger partial charge >= 0.3 is 0 Å². The van der Waals surface area contributed by atoms with Crippen molar-refractivity contribution in [2.75, 3.05) is 6.54 Å². The quantitative estimate of drug-likeness (QED) is 0.848. The van der Waals surface area contributed by atoms with Crippen molar-refractivity contribution < 1.29 is 4.79 Å². The second-order valence-electron chi connectivity index (χ2n) is 6.25. The Morgan fingerprint density at radius 3 is 2.26 bits per heavy atom. The zero-order valence-electron chi connectivity index (χ0n) is 14.3. The normalized spacial score (nSPS) is 11.0. The Bertz CT molecular complexity index is 605. The molecule has 3 heteroatoms. The third-order valence-electron chi connectivity index (χ3n) is 3.92. The number of hydrogen-bond acceptors (Lipinski definition) is 2. The van der Waals surface area contributed by atoms with Crippen LogP contribution in [0.2, 0.25) is 0 Å². The number of hydrogen-bond donors (Lipinski definition) is 1. The van der Waals surface area contributed by atoms with Gasteiger partial charge < -0.3 is 5.32 Å². The van der Waals surface area contributed by atoms with E-state index >= 15 is 0 Å². The molecule has 1 N–H and O–H groups in total. The maximum Gasteiger partial charge on any atom is 0.234 e. The molecule has 0 saturated heterocycles. The standard InChI is InChI=1S/C20H26N2O/c1-16(2)22(14-19-7-5-4-6-8-19)15-20(23)21-13-18-11-9-17(3)10-12-18/h4-12,16H,13-15H2,1-3H3,(H,21,23). The molecule has 3 nitrogen and oxygen atoms in total. The molecule has 0 unspecified atom stereocenters. The van der Waals surface area contributed by atoms with Crippen LogP contribution in [-0.4, -0.2) is 23.4 Å². The molecule has 0 aliphatic carbocycles. The summed E-state index contributed by atoms with van der Waals surface area (Å²) in [5.41, 5.74) is 3.59. The first-order valence-electron chi connectivity index (χ1n) is 8.15. The van der Waals surface area contributed by atoms with Gasteiger partial charge in [-0.25, -0.2) is 0 Å². The summed E-state index contributed by atoms with van der Waals surface area (Å²) in [5.74, 6) is 0.0650. The molecule has 0 heterocycles. The Morgan fingerprint density at radius 2 is 1.65 bits per heavy atom. The van der Waals surface area contributed by atoms with Crippen molar-refractivity contribution >= 4 is 5.91 Å². The van der Waals surface area contributed by atoms with Gasteiger partial charge in [0.15, 0.2) is 0 Å². The molecule has 2 rings (SSSR count). The van der Waals surface area contributed by atoms with E-state index in [4.69, 9.17) is 0 Å². The van der Waals surface area contributed by atoms with Crippen LogP contribution in [0.15, 0.2) is 54.6 Å². The Kier molecular flexibility index (Phi) is 6.36. The Morgan fingerprint density at radius 1 is 1.00 bits per heavy atom. The topological polar surface area (TPSA) is 32.3 Å². The predicted octanol–water partition coefficient (Wildman–Crippen LogP) is 3.52. The lowest BCUT2D eigenvalue weighted by atomic mass is 10.1. The van der Waals surface area contributed by atoms with Gasteiger partial charge in [0, 0.05) is 19.1 Å². The summed E-state index contributed by atoms with van der Waals surface area (Å²) in [6.45, 7) is 8.09. The first kappa shape index (κ1) is 17.2. The molecule has 122 valence electrons. The third-order valence-corrected chi connectivity index (χ3v) is 3.92. The van der Waals surface area contributed by atoms with Crippen molar-refractivity contribution in [1.29, 1.82) is 0 Å². The molecule has 0 aliphatic rings. The van der Waals surface area contributed by atoms with Crippen molar-refractivity contribution in [3.05, 3.63) is 71.3 Å². The summed E-state index contributed by atoms with van der Waals surface area (Å²) in [6.07, 6.45) is 0. The minimum absolute atomic E-state index is 0.0650. The molecule has 2 aromatic rings. The molecule has 0 atom stereocenters. The maximum atomic E-state index is 12.2. The minimum Gasteiger partial charge on any atom is -0.351 e. The SMILES string of the molecule is Cc1ccc(CNC(=O)CN(Cc2ccccc2)C(C)C)cc1. The number of carbonyl (C=O) groups excluding carboxylic acids is 1. The summed E-state index contributed by atoms with van der Waals surface area (Å²) in [7, 11) is 0. The van der Waals surface area contributed by atoms with Crippen LogP contribution in [0.4, 0.5) is 0 Å². The Hall–Kier alpha value is -2.13. The van der Waals surface area contributed by atoms with Crippen molar-refractivity contribution in [2.45, 2.75) is 39.9 Å². The summed E-state index contributed by atoms with van der Waals surface area (Å²) < 4.78 is 0. The number of nitrogens with zero attached hydrogens (tertiary/aromatic N) is 1. The van der Waals surface area contributed by atoms with E-state index in [1.807, 2.05) is 18.2 Å². The van der Waals surface area contributed by atoms with E-state index in [-0.39, 0.29) is 5.91 Å². The van der Waals surface area contributed by atoms with Gasteiger partial charge in [0.05, 0.1) is 6.54 Å². The molecule has 0 spiro atoms. The lowest BCUT2D eigenvalue weighted by molar-refractivity contribution is -0.123. The molecular weight excluding hydrogens is 284 g/mol. The van der Waals surface area contributed by atoms with E-state index in [0.29, 0.717) is 19.1 Å². The highest BCUT2D eigenvalue weighted by Crippen LogP contribution is 2.08. The van der Waals surface area contributed by atoms with Gasteiger partial charge in [-0.1, -0.05) is 60.2 Å². The van der Waals surface area contributed by atoms with Gasteiger partial charge in [0.1, 0.15) is 0 Å². The second kappa shape index (κ2) is 8.49. The number of aryl methyl sites for hydroxylation is 1. The van der Waals surface area contributed by atoms with E-state index in [9.17, 15) is 4.79 Å². The fourth-order valence-corrected chi connectivity index (χ4v) is 2.39. The van der Waals surface area contributed by atoms with Crippen LogP contribution < -0.4 is 5.32 Å². The molecule has 0 aliphatic heterocycles. The Labute approximate surface area is 139 Å². The van der Waals surface area contributed by atoms with Crippen LogP contribution in [0.25, 0.3) is 0 Å². The largest absolute Gasteiger partial charge is 0.351 e. The number of carbonyl (C=O) groups is 1. The van der Waals surface area contributed by atoms with Crippen molar-refractivity contribution in [1.82, 2.24) is 10.2 Å². The number of rotatable bonds is 7. The lowest BCUT2D eigenvalue weighted by Crippen LogP contribution is -2.40. The van der Waals surface area contributed by atoms with Crippen molar-refractivity contribution in [3.63, 3.8) is 0 Å². The second-order valence-corrected chi connectivity index (χ2v) is 6.25. The fourth-order valence-electron chi connectivity index (χ4n) is 2.39. The highest BCUT2D eigenvalue weighted by molar-refractivity contribution is 5.78. The lowest BCUT2D eigenvalue weighted by Gasteiger charge is -2.26. The fraction of sp³-hybridized carbons (Fsp3) is 0.350. The molecule has 23 heavy (non-hydrogen) atoms.